The Morgan fingerprint density at radius 3 is 2.31 bits per heavy atom. The molecule has 0 bridgehead atoms. The number of aliphatic carboxylic acids is 1. The van der Waals surface area contributed by atoms with E-state index in [4.69, 9.17) is 28.3 Å². The summed E-state index contributed by atoms with van der Waals surface area (Å²) < 4.78 is 0. The van der Waals surface area contributed by atoms with Gasteiger partial charge in [0, 0.05) is 6.42 Å². The van der Waals surface area contributed by atoms with Crippen molar-refractivity contribution in [1.82, 2.24) is 9.97 Å². The summed E-state index contributed by atoms with van der Waals surface area (Å²) in [5.74, 6) is -1.57. The topological polar surface area (TPSA) is 92.2 Å². The Kier molecular flexibility index (Phi) is 4.45. The molecule has 0 atom stereocenters. The standard InChI is InChI=1S/C8H7Cl2N3O3/c9-7-6(8(10)12-3-11-7)13-4(14)1-2-5(15)16/h3H,1-2H2,(H,13,14)(H,15,16). The Morgan fingerprint density at radius 2 is 1.81 bits per heavy atom. The number of nitrogens with zero attached hydrogens (tertiary/aromatic N) is 2. The first-order valence-corrected chi connectivity index (χ1v) is 4.94. The fraction of sp³-hybridized carbons (Fsp3) is 0.250. The first-order chi connectivity index (χ1) is 7.50. The van der Waals surface area contributed by atoms with Crippen molar-refractivity contribution in [3.8, 4) is 0 Å². The van der Waals surface area contributed by atoms with Crippen molar-refractivity contribution in [2.24, 2.45) is 0 Å². The van der Waals surface area contributed by atoms with Crippen LogP contribution in [0.1, 0.15) is 12.8 Å². The van der Waals surface area contributed by atoms with Crippen LogP contribution in [0.4, 0.5) is 5.69 Å². The van der Waals surface area contributed by atoms with Gasteiger partial charge >= 0.3 is 5.97 Å². The summed E-state index contributed by atoms with van der Waals surface area (Å²) in [6, 6.07) is 0. The van der Waals surface area contributed by atoms with Gasteiger partial charge in [-0.15, -0.1) is 0 Å². The average Bonchev–Trinajstić information content (AvgIpc) is 2.21. The molecule has 16 heavy (non-hydrogen) atoms. The number of amides is 1. The third kappa shape index (κ3) is 3.63. The SMILES string of the molecule is O=C(O)CCC(=O)Nc1c(Cl)ncnc1Cl. The number of halogens is 2. The molecule has 2 N–H and O–H groups in total. The Labute approximate surface area is 101 Å². The summed E-state index contributed by atoms with van der Waals surface area (Å²) in [6.07, 6.45) is 0.712. The molecule has 0 saturated heterocycles. The Bertz CT molecular complexity index is 405. The Hall–Kier alpha value is -1.40. The molecule has 1 aromatic rings. The highest BCUT2D eigenvalue weighted by molar-refractivity contribution is 6.38. The minimum atomic E-state index is -1.06. The molecule has 0 saturated carbocycles. The minimum absolute atomic E-state index is 0.00340. The van der Waals surface area contributed by atoms with Crippen molar-refractivity contribution in [2.75, 3.05) is 5.32 Å². The summed E-state index contributed by atoms with van der Waals surface area (Å²) in [4.78, 5) is 28.8. The van der Waals surface area contributed by atoms with Gasteiger partial charge in [-0.2, -0.15) is 0 Å². The van der Waals surface area contributed by atoms with Crippen molar-refractivity contribution in [3.63, 3.8) is 0 Å². The third-order valence-corrected chi connectivity index (χ3v) is 2.16. The van der Waals surface area contributed by atoms with Crippen LogP contribution < -0.4 is 5.32 Å². The van der Waals surface area contributed by atoms with E-state index < -0.39 is 11.9 Å². The molecule has 0 aliphatic rings. The van der Waals surface area contributed by atoms with E-state index in [2.05, 4.69) is 15.3 Å². The van der Waals surface area contributed by atoms with Gasteiger partial charge in [-0.1, -0.05) is 23.2 Å². The second kappa shape index (κ2) is 5.62. The molecule has 86 valence electrons. The maximum Gasteiger partial charge on any atom is 0.303 e. The van der Waals surface area contributed by atoms with Crippen LogP contribution in [0.15, 0.2) is 6.33 Å². The summed E-state index contributed by atoms with van der Waals surface area (Å²) in [5, 5.41) is 10.7. The maximum absolute atomic E-state index is 11.3. The molecule has 0 spiro atoms. The number of hydrogen-bond donors (Lipinski definition) is 2. The molecule has 8 heteroatoms. The summed E-state index contributed by atoms with van der Waals surface area (Å²) >= 11 is 11.3. The number of carbonyl (C=O) groups excluding carboxylic acids is 1. The fourth-order valence-electron chi connectivity index (χ4n) is 0.870. The van der Waals surface area contributed by atoms with E-state index in [1.165, 1.54) is 0 Å². The predicted molar refractivity (Wildman–Crippen MR) is 57.6 cm³/mol. The molecule has 0 unspecified atom stereocenters. The molecular formula is C8H7Cl2N3O3. The normalized spacial score (nSPS) is 9.88. The second-order valence-electron chi connectivity index (χ2n) is 2.77. The number of hydrogen-bond acceptors (Lipinski definition) is 4. The molecular weight excluding hydrogens is 257 g/mol. The summed E-state index contributed by atoms with van der Waals surface area (Å²) in [5.41, 5.74) is 0.0845. The smallest absolute Gasteiger partial charge is 0.303 e. The minimum Gasteiger partial charge on any atom is -0.481 e. The van der Waals surface area contributed by atoms with E-state index in [9.17, 15) is 9.59 Å². The molecule has 0 aromatic carbocycles. The maximum atomic E-state index is 11.3. The second-order valence-corrected chi connectivity index (χ2v) is 3.49. The Balaban J connectivity index is 2.66. The van der Waals surface area contributed by atoms with Crippen LogP contribution in [0.25, 0.3) is 0 Å². The van der Waals surface area contributed by atoms with Crippen LogP contribution >= 0.6 is 23.2 Å². The van der Waals surface area contributed by atoms with Gasteiger partial charge in [0.15, 0.2) is 10.3 Å². The molecule has 6 nitrogen and oxygen atoms in total. The molecule has 0 radical (unpaired) electrons. The van der Waals surface area contributed by atoms with Gasteiger partial charge in [0.1, 0.15) is 12.0 Å². The van der Waals surface area contributed by atoms with Gasteiger partial charge in [-0.3, -0.25) is 9.59 Å². The molecule has 1 amide bonds. The average molecular weight is 264 g/mol. The summed E-state index contributed by atoms with van der Waals surface area (Å²) in [6.45, 7) is 0. The van der Waals surface area contributed by atoms with Crippen LogP contribution in [-0.2, 0) is 9.59 Å². The van der Waals surface area contributed by atoms with Gasteiger partial charge in [-0.25, -0.2) is 9.97 Å². The highest BCUT2D eigenvalue weighted by atomic mass is 35.5. The molecule has 0 aliphatic heterocycles. The van der Waals surface area contributed by atoms with E-state index in [1.54, 1.807) is 0 Å². The molecule has 1 rings (SSSR count). The zero-order chi connectivity index (χ0) is 12.1. The number of carbonyl (C=O) groups is 2. The van der Waals surface area contributed by atoms with Crippen molar-refractivity contribution >= 4 is 40.8 Å². The van der Waals surface area contributed by atoms with Gasteiger partial charge in [0.25, 0.3) is 0 Å². The quantitative estimate of drug-likeness (QED) is 0.805. The zero-order valence-electron chi connectivity index (χ0n) is 7.91. The molecule has 0 aliphatic carbocycles. The van der Waals surface area contributed by atoms with Crippen LogP contribution in [0.3, 0.4) is 0 Å². The lowest BCUT2D eigenvalue weighted by Crippen LogP contribution is -2.14. The number of rotatable bonds is 4. The lowest BCUT2D eigenvalue weighted by molar-refractivity contribution is -0.138. The van der Waals surface area contributed by atoms with E-state index in [-0.39, 0.29) is 28.8 Å². The van der Waals surface area contributed by atoms with Gasteiger partial charge in [0.2, 0.25) is 5.91 Å². The monoisotopic (exact) mass is 263 g/mol. The van der Waals surface area contributed by atoms with Gasteiger partial charge < -0.3 is 10.4 Å². The number of nitrogens with one attached hydrogen (secondary N) is 1. The Morgan fingerprint density at radius 1 is 1.25 bits per heavy atom. The number of anilines is 1. The molecule has 1 aromatic heterocycles. The van der Waals surface area contributed by atoms with Crippen LogP contribution in [0, 0.1) is 0 Å². The zero-order valence-corrected chi connectivity index (χ0v) is 9.42. The van der Waals surface area contributed by atoms with Crippen molar-refractivity contribution in [2.45, 2.75) is 12.8 Å². The predicted octanol–water partition coefficient (Wildman–Crippen LogP) is 1.59. The highest BCUT2D eigenvalue weighted by Crippen LogP contribution is 2.25. The number of carboxylic acids is 1. The van der Waals surface area contributed by atoms with Crippen molar-refractivity contribution in [3.05, 3.63) is 16.6 Å². The molecule has 1 heterocycles. The van der Waals surface area contributed by atoms with Crippen LogP contribution in [0.5, 0.6) is 0 Å². The van der Waals surface area contributed by atoms with Crippen molar-refractivity contribution < 1.29 is 14.7 Å². The lowest BCUT2D eigenvalue weighted by atomic mass is 10.3. The molecule has 0 fully saturated rings. The first kappa shape index (κ1) is 12.7. The van der Waals surface area contributed by atoms with E-state index in [1.807, 2.05) is 0 Å². The lowest BCUT2D eigenvalue weighted by Gasteiger charge is -2.06. The van der Waals surface area contributed by atoms with Gasteiger partial charge in [-0.05, 0) is 0 Å². The van der Waals surface area contributed by atoms with Crippen molar-refractivity contribution in [1.29, 1.82) is 0 Å². The largest absolute Gasteiger partial charge is 0.481 e. The van der Waals surface area contributed by atoms with E-state index in [0.717, 1.165) is 6.33 Å². The van der Waals surface area contributed by atoms with E-state index >= 15 is 0 Å². The number of carboxylic acid groups (broad SMARTS) is 1. The number of aromatic nitrogens is 2. The third-order valence-electron chi connectivity index (χ3n) is 1.59. The van der Waals surface area contributed by atoms with Gasteiger partial charge in [0.05, 0.1) is 6.42 Å². The highest BCUT2D eigenvalue weighted by Gasteiger charge is 2.12. The van der Waals surface area contributed by atoms with Crippen LogP contribution in [0.2, 0.25) is 10.3 Å². The van der Waals surface area contributed by atoms with E-state index in [0.29, 0.717) is 0 Å². The summed E-state index contributed by atoms with van der Waals surface area (Å²) in [7, 11) is 0. The first-order valence-electron chi connectivity index (χ1n) is 4.18. The van der Waals surface area contributed by atoms with Crippen LogP contribution in [-0.4, -0.2) is 27.0 Å². The fourth-order valence-corrected chi connectivity index (χ4v) is 1.28.